The van der Waals surface area contributed by atoms with E-state index in [1.54, 1.807) is 0 Å². The Labute approximate surface area is 81.6 Å². The highest BCUT2D eigenvalue weighted by atomic mass is 79.9. The maximum Gasteiger partial charge on any atom is 0.380 e. The zero-order valence-electron chi connectivity index (χ0n) is 6.27. The van der Waals surface area contributed by atoms with Crippen LogP contribution in [0.5, 0.6) is 5.75 Å². The summed E-state index contributed by atoms with van der Waals surface area (Å²) in [4.78, 5) is 19.5. The van der Waals surface area contributed by atoms with E-state index in [4.69, 9.17) is 0 Å². The van der Waals surface area contributed by atoms with Gasteiger partial charge in [-0.3, -0.25) is 10.1 Å². The van der Waals surface area contributed by atoms with Crippen molar-refractivity contribution < 1.29 is 14.5 Å². The number of nitrogens with zero attached hydrogens (tertiary/aromatic N) is 1. The van der Waals surface area contributed by atoms with Crippen LogP contribution in [0, 0.1) is 10.1 Å². The van der Waals surface area contributed by atoms with Gasteiger partial charge in [0.25, 0.3) is 0 Å². The number of rotatable bonds is 2. The van der Waals surface area contributed by atoms with Gasteiger partial charge in [0.1, 0.15) is 0 Å². The molecule has 1 rings (SSSR count). The Bertz CT molecular complexity index is 352. The van der Waals surface area contributed by atoms with Gasteiger partial charge in [-0.25, -0.2) is 4.79 Å². The Morgan fingerprint density at radius 3 is 2.62 bits per heavy atom. The minimum Gasteiger partial charge on any atom is -0.411 e. The predicted molar refractivity (Wildman–Crippen MR) is 48.0 cm³/mol. The summed E-state index contributed by atoms with van der Waals surface area (Å²) < 4.78 is 4.54. The van der Waals surface area contributed by atoms with Gasteiger partial charge in [0.05, 0.1) is 4.92 Å². The molecule has 0 saturated heterocycles. The number of ether oxygens (including phenoxy) is 1. The van der Waals surface area contributed by atoms with Crippen LogP contribution in [0.2, 0.25) is 0 Å². The Kier molecular flexibility index (Phi) is 2.97. The number of halogens is 1. The van der Waals surface area contributed by atoms with Crippen LogP contribution in [0.1, 0.15) is 0 Å². The van der Waals surface area contributed by atoms with Crippen LogP contribution in [0.25, 0.3) is 0 Å². The molecule has 0 bridgehead atoms. The molecule has 0 amide bonds. The SMILES string of the molecule is O=C(Br)Oc1ccccc1[N+](=O)[O-]. The third-order valence-electron chi connectivity index (χ3n) is 1.25. The lowest BCUT2D eigenvalue weighted by Gasteiger charge is -1.99. The molecule has 1 aromatic carbocycles. The molecule has 0 heterocycles. The highest BCUT2D eigenvalue weighted by Crippen LogP contribution is 2.26. The summed E-state index contributed by atoms with van der Waals surface area (Å²) in [5, 5.41) is 10.4. The van der Waals surface area contributed by atoms with Crippen molar-refractivity contribution in [1.82, 2.24) is 0 Å². The van der Waals surface area contributed by atoms with Crippen molar-refractivity contribution in [2.45, 2.75) is 0 Å². The van der Waals surface area contributed by atoms with Gasteiger partial charge in [0.15, 0.2) is 0 Å². The molecule has 0 N–H and O–H groups in total. The predicted octanol–water partition coefficient (Wildman–Crippen LogP) is 2.49. The lowest BCUT2D eigenvalue weighted by atomic mass is 10.3. The van der Waals surface area contributed by atoms with Crippen LogP contribution < -0.4 is 4.74 Å². The number of nitro groups is 1. The summed E-state index contributed by atoms with van der Waals surface area (Å²) in [6.07, 6.45) is 0. The van der Waals surface area contributed by atoms with Gasteiger partial charge in [-0.15, -0.1) is 0 Å². The third kappa shape index (κ3) is 2.51. The summed E-state index contributed by atoms with van der Waals surface area (Å²) in [6, 6.07) is 5.63. The molecule has 1 aromatic rings. The minimum atomic E-state index is -0.762. The first-order chi connectivity index (χ1) is 6.11. The van der Waals surface area contributed by atoms with Gasteiger partial charge >= 0.3 is 10.6 Å². The van der Waals surface area contributed by atoms with E-state index in [0.29, 0.717) is 0 Å². The fourth-order valence-electron chi connectivity index (χ4n) is 0.781. The Hall–Kier alpha value is -1.43. The molecule has 0 aromatic heterocycles. The quantitative estimate of drug-likeness (QED) is 0.456. The molecule has 0 unspecified atom stereocenters. The number of benzene rings is 1. The molecule has 13 heavy (non-hydrogen) atoms. The van der Waals surface area contributed by atoms with E-state index in [1.165, 1.54) is 24.3 Å². The fraction of sp³-hybridized carbons (Fsp3) is 0. The van der Waals surface area contributed by atoms with Crippen LogP contribution in [0.4, 0.5) is 10.5 Å². The summed E-state index contributed by atoms with van der Waals surface area (Å²) in [5.74, 6) is -0.0747. The molecule has 5 nitrogen and oxygen atoms in total. The van der Waals surface area contributed by atoms with Crippen molar-refractivity contribution >= 4 is 26.5 Å². The maximum atomic E-state index is 10.5. The van der Waals surface area contributed by atoms with Gasteiger partial charge in [0.2, 0.25) is 5.75 Å². The average molecular weight is 246 g/mol. The Balaban J connectivity index is 3.04. The summed E-state index contributed by atoms with van der Waals surface area (Å²) in [6.45, 7) is 0. The minimum absolute atomic E-state index is 0.0747. The van der Waals surface area contributed by atoms with E-state index in [2.05, 4.69) is 20.7 Å². The van der Waals surface area contributed by atoms with Crippen molar-refractivity contribution in [3.05, 3.63) is 34.4 Å². The summed E-state index contributed by atoms with van der Waals surface area (Å²) >= 11 is 2.51. The van der Waals surface area contributed by atoms with Crippen LogP contribution in [0.15, 0.2) is 24.3 Å². The molecule has 6 heteroatoms. The number of hydrogen-bond acceptors (Lipinski definition) is 4. The smallest absolute Gasteiger partial charge is 0.380 e. The average Bonchev–Trinajstić information content (AvgIpc) is 2.03. The van der Waals surface area contributed by atoms with E-state index in [1.807, 2.05) is 0 Å². The summed E-state index contributed by atoms with van der Waals surface area (Å²) in [5.41, 5.74) is -0.240. The van der Waals surface area contributed by atoms with Gasteiger partial charge in [-0.1, -0.05) is 12.1 Å². The molecule has 0 fully saturated rings. The van der Waals surface area contributed by atoms with Crippen molar-refractivity contribution in [3.8, 4) is 5.75 Å². The number of para-hydroxylation sites is 2. The largest absolute Gasteiger partial charge is 0.411 e. The van der Waals surface area contributed by atoms with E-state index >= 15 is 0 Å². The first-order valence-corrected chi connectivity index (χ1v) is 4.01. The van der Waals surface area contributed by atoms with E-state index in [9.17, 15) is 14.9 Å². The topological polar surface area (TPSA) is 69.4 Å². The lowest BCUT2D eigenvalue weighted by molar-refractivity contribution is -0.385. The van der Waals surface area contributed by atoms with Gasteiger partial charge < -0.3 is 4.74 Å². The van der Waals surface area contributed by atoms with Crippen molar-refractivity contribution in [2.75, 3.05) is 0 Å². The highest BCUT2D eigenvalue weighted by molar-refractivity contribution is 9.18. The molecule has 0 atom stereocenters. The number of hydrogen-bond donors (Lipinski definition) is 0. The molecule has 0 saturated carbocycles. The van der Waals surface area contributed by atoms with Crippen molar-refractivity contribution in [2.24, 2.45) is 0 Å². The number of nitro benzene ring substituents is 1. The normalized spacial score (nSPS) is 9.31. The van der Waals surface area contributed by atoms with Gasteiger partial charge in [-0.2, -0.15) is 0 Å². The van der Waals surface area contributed by atoms with E-state index in [-0.39, 0.29) is 11.4 Å². The van der Waals surface area contributed by atoms with Crippen LogP contribution in [0.3, 0.4) is 0 Å². The van der Waals surface area contributed by atoms with Crippen molar-refractivity contribution in [1.29, 1.82) is 0 Å². The number of carbonyl (C=O) groups excluding carboxylic acids is 1. The second-order valence-corrected chi connectivity index (χ2v) is 2.71. The van der Waals surface area contributed by atoms with E-state index < -0.39 is 9.80 Å². The Morgan fingerprint density at radius 2 is 2.08 bits per heavy atom. The molecule has 0 aliphatic heterocycles. The van der Waals surface area contributed by atoms with Crippen LogP contribution in [-0.2, 0) is 0 Å². The Morgan fingerprint density at radius 1 is 1.46 bits per heavy atom. The lowest BCUT2D eigenvalue weighted by Crippen LogP contribution is -1.99. The van der Waals surface area contributed by atoms with E-state index in [0.717, 1.165) is 0 Å². The molecule has 0 spiro atoms. The molecule has 0 radical (unpaired) electrons. The molecule has 68 valence electrons. The molecular formula is C7H4BrNO4. The molecule has 0 aliphatic carbocycles. The van der Waals surface area contributed by atoms with Gasteiger partial charge in [-0.05, 0) is 6.07 Å². The zero-order valence-corrected chi connectivity index (χ0v) is 7.85. The number of carbonyl (C=O) groups is 1. The van der Waals surface area contributed by atoms with Crippen LogP contribution in [-0.4, -0.2) is 9.80 Å². The van der Waals surface area contributed by atoms with Crippen molar-refractivity contribution in [3.63, 3.8) is 0 Å². The standard InChI is InChI=1S/C7H4BrNO4/c8-7(10)13-6-4-2-1-3-5(6)9(11)12/h1-4H. The maximum absolute atomic E-state index is 10.5. The summed E-state index contributed by atoms with van der Waals surface area (Å²) in [7, 11) is 0. The third-order valence-corrected chi connectivity index (χ3v) is 1.41. The second-order valence-electron chi connectivity index (χ2n) is 2.06. The molecule has 0 aliphatic rings. The van der Waals surface area contributed by atoms with Gasteiger partial charge in [0, 0.05) is 22.0 Å². The fourth-order valence-corrected chi connectivity index (χ4v) is 0.955. The highest BCUT2D eigenvalue weighted by Gasteiger charge is 2.15. The zero-order chi connectivity index (χ0) is 9.84. The van der Waals surface area contributed by atoms with Crippen LogP contribution >= 0.6 is 15.9 Å². The monoisotopic (exact) mass is 245 g/mol. The first-order valence-electron chi connectivity index (χ1n) is 3.22. The first kappa shape index (κ1) is 9.66. The second kappa shape index (κ2) is 3.99. The molecular weight excluding hydrogens is 242 g/mol.